The number of hydrogen-bond donors (Lipinski definition) is 2. The van der Waals surface area contributed by atoms with Crippen LogP contribution in [0.4, 0.5) is 23.0 Å². The van der Waals surface area contributed by atoms with Crippen LogP contribution in [0.1, 0.15) is 0 Å². The predicted molar refractivity (Wildman–Crippen MR) is 148 cm³/mol. The van der Waals surface area contributed by atoms with Gasteiger partial charge in [0.25, 0.3) is 0 Å². The number of phenols is 2. The van der Waals surface area contributed by atoms with E-state index in [0.29, 0.717) is 23.0 Å². The Balaban J connectivity index is 0.000000176. The molecule has 0 fully saturated rings. The molecule has 0 saturated heterocycles. The summed E-state index contributed by atoms with van der Waals surface area (Å²) in [5.74, 6) is 1.29. The summed E-state index contributed by atoms with van der Waals surface area (Å²) in [4.78, 5) is 8.09. The third-order valence-electron chi connectivity index (χ3n) is 5.58. The van der Waals surface area contributed by atoms with Crippen molar-refractivity contribution < 1.29 is 26.7 Å². The Morgan fingerprint density at radius 3 is 1.26 bits per heavy atom. The largest absolute Gasteiger partial charge is 0.505 e. The van der Waals surface area contributed by atoms with Gasteiger partial charge in [0.05, 0.1) is 0 Å². The first kappa shape index (κ1) is 27.0. The molecule has 0 aliphatic heterocycles. The molecule has 0 saturated carbocycles. The molecular weight excluding hydrogens is 535 g/mol. The van der Waals surface area contributed by atoms with Crippen LogP contribution < -0.4 is 0 Å². The van der Waals surface area contributed by atoms with E-state index in [1.807, 2.05) is 84.9 Å². The molecule has 0 aliphatic carbocycles. The van der Waals surface area contributed by atoms with E-state index in [9.17, 15) is 10.2 Å². The number of rotatable bonds is 4. The van der Waals surface area contributed by atoms with Gasteiger partial charge in [0.15, 0.2) is 23.1 Å². The number of nitrogens with zero attached hydrogens (tertiary/aromatic N) is 6. The van der Waals surface area contributed by atoms with Crippen LogP contribution in [0.3, 0.4) is 0 Å². The summed E-state index contributed by atoms with van der Waals surface area (Å²) in [6.07, 6.45) is 3.29. The molecule has 0 aliphatic rings. The Bertz CT molecular complexity index is 1610. The topological polar surface area (TPSA) is 116 Å². The van der Waals surface area contributed by atoms with Gasteiger partial charge in [-0.3, -0.25) is 0 Å². The second-order valence-corrected chi connectivity index (χ2v) is 8.08. The molecule has 0 amide bonds. The molecule has 0 spiro atoms. The average Bonchev–Trinajstić information content (AvgIpc) is 2.98. The Morgan fingerprint density at radius 2 is 0.846 bits per heavy atom. The molecule has 0 bridgehead atoms. The Kier molecular flexibility index (Phi) is 9.00. The zero-order valence-electron chi connectivity index (χ0n) is 20.4. The number of hydrogen-bond acceptors (Lipinski definition) is 8. The SMILES string of the molecule is Oc1c(N=Nc2ccccn2)ccc2ccccc12.Oc1c(N=Nc2ccccn2)ccc2ccccc12.[Ni]. The summed E-state index contributed by atoms with van der Waals surface area (Å²) in [5, 5.41) is 39.8. The van der Waals surface area contributed by atoms with Gasteiger partial charge in [0.1, 0.15) is 11.4 Å². The number of aromatic hydroxyl groups is 2. The van der Waals surface area contributed by atoms with Crippen molar-refractivity contribution in [3.05, 3.63) is 122 Å². The maximum Gasteiger partial charge on any atom is 0.174 e. The fourth-order valence-electron chi connectivity index (χ4n) is 3.68. The zero-order valence-corrected chi connectivity index (χ0v) is 21.4. The van der Waals surface area contributed by atoms with Crippen LogP contribution >= 0.6 is 0 Å². The van der Waals surface area contributed by atoms with Crippen LogP contribution in [-0.2, 0) is 16.5 Å². The van der Waals surface area contributed by atoms with Crippen LogP contribution in [0, 0.1) is 0 Å². The number of benzene rings is 4. The molecular formula is C30H22N6NiO2. The molecule has 0 unspecified atom stereocenters. The van der Waals surface area contributed by atoms with Crippen molar-refractivity contribution in [3.8, 4) is 11.5 Å². The second-order valence-electron chi connectivity index (χ2n) is 8.08. The van der Waals surface area contributed by atoms with Gasteiger partial charge in [-0.2, -0.15) is 0 Å². The van der Waals surface area contributed by atoms with Gasteiger partial charge < -0.3 is 10.2 Å². The fraction of sp³-hybridized carbons (Fsp3) is 0. The quantitative estimate of drug-likeness (QED) is 0.167. The number of fused-ring (bicyclic) bond motifs is 2. The van der Waals surface area contributed by atoms with Gasteiger partial charge in [-0.15, -0.1) is 20.5 Å². The molecule has 2 aromatic heterocycles. The van der Waals surface area contributed by atoms with Crippen molar-refractivity contribution in [2.45, 2.75) is 0 Å². The Labute approximate surface area is 234 Å². The molecule has 9 heteroatoms. The Morgan fingerprint density at radius 1 is 0.436 bits per heavy atom. The zero-order chi connectivity index (χ0) is 26.2. The van der Waals surface area contributed by atoms with Crippen LogP contribution in [0.2, 0.25) is 0 Å². The van der Waals surface area contributed by atoms with Crippen molar-refractivity contribution in [1.29, 1.82) is 0 Å². The monoisotopic (exact) mass is 556 g/mol. The molecule has 39 heavy (non-hydrogen) atoms. The first-order valence-electron chi connectivity index (χ1n) is 11.8. The molecule has 8 nitrogen and oxygen atoms in total. The van der Waals surface area contributed by atoms with Crippen LogP contribution in [0.15, 0.2) is 142 Å². The minimum atomic E-state index is 0. The molecule has 0 radical (unpaired) electrons. The first-order chi connectivity index (χ1) is 18.7. The van der Waals surface area contributed by atoms with E-state index in [1.165, 1.54) is 0 Å². The summed E-state index contributed by atoms with van der Waals surface area (Å²) >= 11 is 0. The second kappa shape index (κ2) is 13.0. The summed E-state index contributed by atoms with van der Waals surface area (Å²) in [5.41, 5.74) is 0.869. The molecule has 2 heterocycles. The maximum atomic E-state index is 10.2. The van der Waals surface area contributed by atoms with Gasteiger partial charge in [-0.05, 0) is 47.2 Å². The summed E-state index contributed by atoms with van der Waals surface area (Å²) < 4.78 is 0. The molecule has 6 aromatic rings. The molecule has 6 rings (SSSR count). The van der Waals surface area contributed by atoms with Crippen LogP contribution in [0.5, 0.6) is 11.5 Å². The maximum absolute atomic E-state index is 10.2. The van der Waals surface area contributed by atoms with E-state index in [1.54, 1.807) is 36.7 Å². The summed E-state index contributed by atoms with van der Waals surface area (Å²) in [6, 6.07) is 33.3. The molecule has 194 valence electrons. The van der Waals surface area contributed by atoms with E-state index < -0.39 is 0 Å². The van der Waals surface area contributed by atoms with Gasteiger partial charge in [-0.1, -0.05) is 72.8 Å². The molecule has 0 atom stereocenters. The summed E-state index contributed by atoms with van der Waals surface area (Å²) in [7, 11) is 0. The van der Waals surface area contributed by atoms with Crippen molar-refractivity contribution in [3.63, 3.8) is 0 Å². The fourth-order valence-corrected chi connectivity index (χ4v) is 3.68. The minimum Gasteiger partial charge on any atom is -0.505 e. The van der Waals surface area contributed by atoms with Crippen molar-refractivity contribution in [2.24, 2.45) is 20.5 Å². The van der Waals surface area contributed by atoms with Crippen LogP contribution in [-0.4, -0.2) is 20.2 Å². The van der Waals surface area contributed by atoms with Gasteiger partial charge in [0, 0.05) is 39.7 Å². The molecule has 2 N–H and O–H groups in total. The standard InChI is InChI=1S/2C15H11N3O.Ni/c2*19-15-12-6-2-1-5-11(12)8-9-13(15)17-18-14-7-3-4-10-16-14;/h2*1-10,19H;. The van der Waals surface area contributed by atoms with Crippen molar-refractivity contribution >= 4 is 44.6 Å². The van der Waals surface area contributed by atoms with E-state index in [2.05, 4.69) is 30.4 Å². The number of aromatic nitrogens is 2. The van der Waals surface area contributed by atoms with Gasteiger partial charge >= 0.3 is 0 Å². The number of pyridine rings is 2. The normalized spacial score (nSPS) is 10.9. The van der Waals surface area contributed by atoms with E-state index in [4.69, 9.17) is 0 Å². The van der Waals surface area contributed by atoms with Gasteiger partial charge in [0.2, 0.25) is 0 Å². The van der Waals surface area contributed by atoms with E-state index >= 15 is 0 Å². The van der Waals surface area contributed by atoms with Gasteiger partial charge in [-0.25, -0.2) is 9.97 Å². The van der Waals surface area contributed by atoms with Crippen molar-refractivity contribution in [2.75, 3.05) is 0 Å². The predicted octanol–water partition coefficient (Wildman–Crippen LogP) is 8.71. The van der Waals surface area contributed by atoms with E-state index in [0.717, 1.165) is 21.5 Å². The smallest absolute Gasteiger partial charge is 0.174 e. The summed E-state index contributed by atoms with van der Waals surface area (Å²) in [6.45, 7) is 0. The minimum absolute atomic E-state index is 0. The first-order valence-corrected chi connectivity index (χ1v) is 11.8. The van der Waals surface area contributed by atoms with Crippen molar-refractivity contribution in [1.82, 2.24) is 9.97 Å². The average molecular weight is 557 g/mol. The van der Waals surface area contributed by atoms with Crippen LogP contribution in [0.25, 0.3) is 21.5 Å². The molecule has 4 aromatic carbocycles. The Hall–Kier alpha value is -5.01. The number of azo groups is 2. The number of phenolic OH excluding ortho intramolecular Hbond substituents is 2. The third-order valence-corrected chi connectivity index (χ3v) is 5.58. The van der Waals surface area contributed by atoms with E-state index in [-0.39, 0.29) is 28.0 Å². The third kappa shape index (κ3) is 6.66.